The van der Waals surface area contributed by atoms with Crippen molar-refractivity contribution >= 4 is 41.1 Å². The Bertz CT molecular complexity index is 1130. The highest BCUT2D eigenvalue weighted by atomic mass is 16.6. The normalized spacial score (nSPS) is 13.8. The van der Waals surface area contributed by atoms with E-state index in [1.54, 1.807) is 49.9 Å². The van der Waals surface area contributed by atoms with E-state index >= 15 is 0 Å². The van der Waals surface area contributed by atoms with E-state index in [2.05, 4.69) is 25.8 Å². The van der Waals surface area contributed by atoms with Gasteiger partial charge in [-0.3, -0.25) is 4.79 Å². The van der Waals surface area contributed by atoms with Crippen molar-refractivity contribution in [1.29, 1.82) is 0 Å². The summed E-state index contributed by atoms with van der Waals surface area (Å²) in [6.07, 6.45) is -1.21. The fourth-order valence-corrected chi connectivity index (χ4v) is 2.91. The zero-order valence-electron chi connectivity index (χ0n) is 20.3. The second-order valence-electron chi connectivity index (χ2n) is 8.64. The first-order valence-electron chi connectivity index (χ1n) is 11.2. The molecule has 13 heteroatoms. The van der Waals surface area contributed by atoms with E-state index in [9.17, 15) is 14.4 Å². The van der Waals surface area contributed by atoms with Gasteiger partial charge in [0.25, 0.3) is 0 Å². The highest BCUT2D eigenvalue weighted by molar-refractivity contribution is 5.93. The molecule has 0 bridgehead atoms. The van der Waals surface area contributed by atoms with Crippen molar-refractivity contribution in [2.45, 2.75) is 26.4 Å². The van der Waals surface area contributed by atoms with Crippen molar-refractivity contribution in [3.63, 3.8) is 0 Å². The molecule has 4 N–H and O–H groups in total. The number of nitrogens with zero attached hydrogens (tertiary/aromatic N) is 4. The number of nitrogens with one attached hydrogen (secondary N) is 2. The summed E-state index contributed by atoms with van der Waals surface area (Å²) in [7, 11) is 0. The molecule has 192 valence electrons. The summed E-state index contributed by atoms with van der Waals surface area (Å²) < 4.78 is 15.8. The lowest BCUT2D eigenvalue weighted by molar-refractivity contribution is -0.115. The molecule has 2 heterocycles. The predicted molar refractivity (Wildman–Crippen MR) is 131 cm³/mol. The zero-order chi connectivity index (χ0) is 26.1. The van der Waals surface area contributed by atoms with Gasteiger partial charge in [0.15, 0.2) is 11.6 Å². The summed E-state index contributed by atoms with van der Waals surface area (Å²) in [5.74, 6) is -0.0921. The van der Waals surface area contributed by atoms with E-state index in [1.807, 2.05) is 0 Å². The molecule has 1 aromatic carbocycles. The number of hydrogen-bond acceptors (Lipinski definition) is 10. The van der Waals surface area contributed by atoms with Crippen LogP contribution in [0.2, 0.25) is 0 Å². The fourth-order valence-electron chi connectivity index (χ4n) is 2.91. The molecule has 3 amide bonds. The van der Waals surface area contributed by atoms with Gasteiger partial charge in [0.1, 0.15) is 29.3 Å². The van der Waals surface area contributed by atoms with Crippen LogP contribution >= 0.6 is 0 Å². The van der Waals surface area contributed by atoms with Crippen LogP contribution in [-0.4, -0.2) is 66.4 Å². The number of carbonyl (C=O) groups is 3. The van der Waals surface area contributed by atoms with E-state index < -0.39 is 23.7 Å². The number of benzene rings is 1. The Morgan fingerprint density at radius 1 is 1.08 bits per heavy atom. The van der Waals surface area contributed by atoms with Gasteiger partial charge in [-0.05, 0) is 45.0 Å². The molecule has 0 atom stereocenters. The predicted octanol–water partition coefficient (Wildman–Crippen LogP) is 3.37. The van der Waals surface area contributed by atoms with Crippen molar-refractivity contribution in [1.82, 2.24) is 15.2 Å². The third kappa shape index (κ3) is 8.20. The summed E-state index contributed by atoms with van der Waals surface area (Å²) in [6, 6.07) is 9.70. The lowest BCUT2D eigenvalue weighted by Crippen LogP contribution is -2.42. The first-order chi connectivity index (χ1) is 17.1. The molecule has 13 nitrogen and oxygen atoms in total. The van der Waals surface area contributed by atoms with Gasteiger partial charge in [0, 0.05) is 13.1 Å². The van der Waals surface area contributed by atoms with E-state index in [4.69, 9.17) is 19.9 Å². The number of amides is 3. The maximum atomic E-state index is 12.4. The third-order valence-corrected chi connectivity index (χ3v) is 4.56. The number of morpholine rings is 1. The minimum Gasteiger partial charge on any atom is -0.444 e. The van der Waals surface area contributed by atoms with Crippen LogP contribution in [0.1, 0.15) is 20.8 Å². The number of aromatic nitrogens is 1. The molecule has 2 aromatic rings. The Labute approximate surface area is 208 Å². The first kappa shape index (κ1) is 26.3. The van der Waals surface area contributed by atoms with Gasteiger partial charge < -0.3 is 35.5 Å². The van der Waals surface area contributed by atoms with Gasteiger partial charge in [-0.25, -0.2) is 14.6 Å². The summed E-state index contributed by atoms with van der Waals surface area (Å²) >= 11 is 0. The molecule has 1 saturated heterocycles. The van der Waals surface area contributed by atoms with Gasteiger partial charge in [-0.2, -0.15) is 0 Å². The second-order valence-corrected chi connectivity index (χ2v) is 8.64. The number of nitrogen functional groups attached to an aromatic ring is 1. The molecule has 0 aliphatic carbocycles. The molecule has 0 saturated carbocycles. The highest BCUT2D eigenvalue weighted by Gasteiger charge is 2.20. The van der Waals surface area contributed by atoms with Crippen molar-refractivity contribution in [2.24, 2.45) is 10.2 Å². The molecule has 1 aromatic heterocycles. The van der Waals surface area contributed by atoms with E-state index in [1.165, 1.54) is 12.1 Å². The van der Waals surface area contributed by atoms with Crippen molar-refractivity contribution < 1.29 is 28.6 Å². The number of ether oxygens (including phenoxy) is 3. The number of alkyl carbamates (subject to hydrolysis) is 1. The summed E-state index contributed by atoms with van der Waals surface area (Å²) in [4.78, 5) is 41.8. The standard InChI is InChI=1S/C23H29N7O6/c1-23(2,3)36-21(32)25-14-19(31)26-18-9-8-16(20(24)27-18)29-28-15-6-4-5-7-17(15)35-22(33)30-10-12-34-13-11-30/h4-9H,10-14H2,1-3H3,(H,25,32)(H3,24,26,27,31)/b29-28+. The van der Waals surface area contributed by atoms with Gasteiger partial charge in [-0.15, -0.1) is 10.2 Å². The summed E-state index contributed by atoms with van der Waals surface area (Å²) in [5.41, 5.74) is 5.85. The van der Waals surface area contributed by atoms with Crippen LogP contribution in [-0.2, 0) is 14.3 Å². The van der Waals surface area contributed by atoms with Crippen LogP contribution in [0.15, 0.2) is 46.6 Å². The van der Waals surface area contributed by atoms with Crippen LogP contribution in [0.4, 0.5) is 32.6 Å². The molecule has 36 heavy (non-hydrogen) atoms. The topological polar surface area (TPSA) is 170 Å². The third-order valence-electron chi connectivity index (χ3n) is 4.56. The largest absolute Gasteiger partial charge is 0.444 e. The van der Waals surface area contributed by atoms with E-state index in [0.29, 0.717) is 32.0 Å². The number of nitrogens with two attached hydrogens (primary N) is 1. The molecule has 3 rings (SSSR count). The number of anilines is 2. The van der Waals surface area contributed by atoms with Crippen LogP contribution in [0.3, 0.4) is 0 Å². The van der Waals surface area contributed by atoms with Crippen LogP contribution in [0, 0.1) is 0 Å². The average molecular weight is 500 g/mol. The second kappa shape index (κ2) is 11.9. The molecular weight excluding hydrogens is 470 g/mol. The number of hydrogen-bond donors (Lipinski definition) is 3. The molecule has 0 radical (unpaired) electrons. The number of rotatable bonds is 6. The molecule has 0 unspecified atom stereocenters. The monoisotopic (exact) mass is 499 g/mol. The summed E-state index contributed by atoms with van der Waals surface area (Å²) in [5, 5.41) is 13.1. The quantitative estimate of drug-likeness (QED) is 0.508. The van der Waals surface area contributed by atoms with Gasteiger partial charge in [-0.1, -0.05) is 12.1 Å². The zero-order valence-corrected chi connectivity index (χ0v) is 20.3. The number of azo groups is 1. The number of carbonyl (C=O) groups excluding carboxylic acids is 3. The maximum Gasteiger partial charge on any atom is 0.415 e. The Morgan fingerprint density at radius 3 is 2.47 bits per heavy atom. The SMILES string of the molecule is CC(C)(C)OC(=O)NCC(=O)Nc1ccc(/N=N/c2ccccc2OC(=O)N2CCOCC2)c(N)n1. The van der Waals surface area contributed by atoms with Gasteiger partial charge in [0.2, 0.25) is 5.91 Å². The Kier molecular flexibility index (Phi) is 8.73. The minimum atomic E-state index is -0.711. The van der Waals surface area contributed by atoms with Gasteiger partial charge >= 0.3 is 12.2 Å². The molecule has 1 aliphatic rings. The Balaban J connectivity index is 1.59. The molecule has 1 aliphatic heterocycles. The molecule has 0 spiro atoms. The lowest BCUT2D eigenvalue weighted by Gasteiger charge is -2.25. The van der Waals surface area contributed by atoms with Crippen LogP contribution in [0.25, 0.3) is 0 Å². The molecular formula is C23H29N7O6. The van der Waals surface area contributed by atoms with Crippen LogP contribution < -0.4 is 21.1 Å². The fraction of sp³-hybridized carbons (Fsp3) is 0.391. The highest BCUT2D eigenvalue weighted by Crippen LogP contribution is 2.31. The van der Waals surface area contributed by atoms with E-state index in [-0.39, 0.29) is 29.6 Å². The first-order valence-corrected chi connectivity index (χ1v) is 11.2. The van der Waals surface area contributed by atoms with Crippen molar-refractivity contribution in [2.75, 3.05) is 43.9 Å². The summed E-state index contributed by atoms with van der Waals surface area (Å²) in [6.45, 7) is 6.66. The maximum absolute atomic E-state index is 12.4. The lowest BCUT2D eigenvalue weighted by atomic mass is 10.2. The van der Waals surface area contributed by atoms with Crippen molar-refractivity contribution in [3.8, 4) is 5.75 Å². The number of pyridine rings is 1. The smallest absolute Gasteiger partial charge is 0.415 e. The number of para-hydroxylation sites is 1. The molecule has 1 fully saturated rings. The van der Waals surface area contributed by atoms with E-state index in [0.717, 1.165) is 0 Å². The van der Waals surface area contributed by atoms with Crippen molar-refractivity contribution in [3.05, 3.63) is 36.4 Å². The van der Waals surface area contributed by atoms with Crippen LogP contribution in [0.5, 0.6) is 5.75 Å². The Hall–Kier alpha value is -4.26. The average Bonchev–Trinajstić information content (AvgIpc) is 2.82. The Morgan fingerprint density at radius 2 is 1.78 bits per heavy atom. The van der Waals surface area contributed by atoms with Gasteiger partial charge in [0.05, 0.1) is 13.2 Å². The minimum absolute atomic E-state index is 0.0134.